The lowest BCUT2D eigenvalue weighted by Gasteiger charge is -2.46. The van der Waals surface area contributed by atoms with E-state index in [4.69, 9.17) is 4.74 Å². The predicted molar refractivity (Wildman–Crippen MR) is 50.7 cm³/mol. The van der Waals surface area contributed by atoms with Gasteiger partial charge in [-0.15, -0.1) is 0 Å². The average Bonchev–Trinajstić information content (AvgIpc) is 2.11. The van der Waals surface area contributed by atoms with Crippen LogP contribution >= 0.6 is 0 Å². The predicted octanol–water partition coefficient (Wildman–Crippen LogP) is -1.23. The molecule has 4 atom stereocenters. The standard InChI is InChI=1S/C9H19NO4/c1-4-10(3)7-6(11)8(12)14-5-9(7,2)13/h6-8,11-13H,4-5H2,1-3H3/t6-,7-,8?,9+/m1/s1. The lowest BCUT2D eigenvalue weighted by molar-refractivity contribution is -0.264. The first kappa shape index (κ1) is 11.9. The SMILES string of the molecule is CCN(C)[C@@H]1[C@@H](O)C(O)OC[C@]1(C)O. The minimum atomic E-state index is -1.21. The summed E-state index contributed by atoms with van der Waals surface area (Å²) >= 11 is 0. The maximum absolute atomic E-state index is 9.99. The van der Waals surface area contributed by atoms with Crippen LogP contribution in [0.15, 0.2) is 0 Å². The van der Waals surface area contributed by atoms with Gasteiger partial charge in [0.15, 0.2) is 6.29 Å². The maximum Gasteiger partial charge on any atom is 0.182 e. The van der Waals surface area contributed by atoms with Gasteiger partial charge < -0.3 is 20.1 Å². The van der Waals surface area contributed by atoms with Gasteiger partial charge in [0.2, 0.25) is 0 Å². The van der Waals surface area contributed by atoms with Gasteiger partial charge in [0.05, 0.1) is 12.6 Å². The molecule has 0 aromatic rings. The van der Waals surface area contributed by atoms with Crippen molar-refractivity contribution in [1.29, 1.82) is 0 Å². The Labute approximate surface area is 83.9 Å². The van der Waals surface area contributed by atoms with Crippen molar-refractivity contribution in [3.63, 3.8) is 0 Å². The second-order valence-corrected chi connectivity index (χ2v) is 4.07. The Balaban J connectivity index is 2.82. The summed E-state index contributed by atoms with van der Waals surface area (Å²) < 4.78 is 4.86. The number of hydrogen-bond acceptors (Lipinski definition) is 5. The summed E-state index contributed by atoms with van der Waals surface area (Å²) in [5.74, 6) is 0. The fraction of sp³-hybridized carbons (Fsp3) is 1.00. The van der Waals surface area contributed by atoms with Crippen molar-refractivity contribution in [2.75, 3.05) is 20.2 Å². The lowest BCUT2D eigenvalue weighted by Crippen LogP contribution is -2.65. The van der Waals surface area contributed by atoms with Crippen molar-refractivity contribution < 1.29 is 20.1 Å². The van der Waals surface area contributed by atoms with E-state index in [1.165, 1.54) is 0 Å². The number of aliphatic hydroxyl groups excluding tert-OH is 2. The fourth-order valence-electron chi connectivity index (χ4n) is 1.89. The van der Waals surface area contributed by atoms with Crippen LogP contribution in [0.4, 0.5) is 0 Å². The average molecular weight is 205 g/mol. The molecule has 0 bridgehead atoms. The minimum absolute atomic E-state index is 0.0280. The Hall–Kier alpha value is -0.200. The van der Waals surface area contributed by atoms with E-state index >= 15 is 0 Å². The smallest absolute Gasteiger partial charge is 0.182 e. The van der Waals surface area contributed by atoms with Gasteiger partial charge in [-0.05, 0) is 20.5 Å². The molecular weight excluding hydrogens is 186 g/mol. The minimum Gasteiger partial charge on any atom is -0.386 e. The van der Waals surface area contributed by atoms with Gasteiger partial charge in [-0.3, -0.25) is 4.90 Å². The van der Waals surface area contributed by atoms with E-state index in [9.17, 15) is 15.3 Å². The zero-order valence-electron chi connectivity index (χ0n) is 8.84. The largest absolute Gasteiger partial charge is 0.386 e. The fourth-order valence-corrected chi connectivity index (χ4v) is 1.89. The maximum atomic E-state index is 9.99. The molecule has 0 spiro atoms. The Bertz CT molecular complexity index is 197. The van der Waals surface area contributed by atoms with Gasteiger partial charge in [-0.1, -0.05) is 6.92 Å². The molecule has 0 aliphatic carbocycles. The lowest BCUT2D eigenvalue weighted by atomic mass is 9.88. The monoisotopic (exact) mass is 205 g/mol. The van der Waals surface area contributed by atoms with E-state index in [1.807, 2.05) is 6.92 Å². The first-order valence-corrected chi connectivity index (χ1v) is 4.80. The highest BCUT2D eigenvalue weighted by Crippen LogP contribution is 2.26. The van der Waals surface area contributed by atoms with Crippen LogP contribution < -0.4 is 0 Å². The third kappa shape index (κ3) is 2.07. The molecule has 0 saturated carbocycles. The molecule has 1 rings (SSSR count). The van der Waals surface area contributed by atoms with Crippen LogP contribution in [0.25, 0.3) is 0 Å². The van der Waals surface area contributed by atoms with E-state index < -0.39 is 24.0 Å². The second kappa shape index (κ2) is 4.12. The summed E-state index contributed by atoms with van der Waals surface area (Å²) in [7, 11) is 1.79. The van der Waals surface area contributed by atoms with E-state index in [0.29, 0.717) is 6.54 Å². The highest BCUT2D eigenvalue weighted by atomic mass is 16.6. The summed E-state index contributed by atoms with van der Waals surface area (Å²) in [6.07, 6.45) is -2.29. The van der Waals surface area contributed by atoms with Crippen LogP contribution in [-0.2, 0) is 4.74 Å². The number of ether oxygens (including phenoxy) is 1. The zero-order valence-corrected chi connectivity index (χ0v) is 8.84. The number of rotatable bonds is 2. The second-order valence-electron chi connectivity index (χ2n) is 4.07. The molecule has 5 nitrogen and oxygen atoms in total. The van der Waals surface area contributed by atoms with Crippen molar-refractivity contribution in [3.05, 3.63) is 0 Å². The van der Waals surface area contributed by atoms with Crippen LogP contribution in [0, 0.1) is 0 Å². The van der Waals surface area contributed by atoms with Gasteiger partial charge in [0.25, 0.3) is 0 Å². The Morgan fingerprint density at radius 3 is 2.57 bits per heavy atom. The van der Waals surface area contributed by atoms with Crippen LogP contribution in [0.5, 0.6) is 0 Å². The van der Waals surface area contributed by atoms with Crippen molar-refractivity contribution in [2.45, 2.75) is 37.9 Å². The molecule has 1 aliphatic heterocycles. The molecule has 1 aliphatic rings. The zero-order chi connectivity index (χ0) is 10.9. The van der Waals surface area contributed by atoms with Gasteiger partial charge >= 0.3 is 0 Å². The number of hydrogen-bond donors (Lipinski definition) is 3. The quantitative estimate of drug-likeness (QED) is 0.526. The molecule has 0 radical (unpaired) electrons. The molecule has 0 aromatic heterocycles. The van der Waals surface area contributed by atoms with Crippen molar-refractivity contribution in [1.82, 2.24) is 4.90 Å². The molecule has 1 fully saturated rings. The Morgan fingerprint density at radius 1 is 1.50 bits per heavy atom. The molecule has 84 valence electrons. The number of nitrogens with zero attached hydrogens (tertiary/aromatic N) is 1. The highest BCUT2D eigenvalue weighted by Gasteiger charge is 2.47. The third-order valence-electron chi connectivity index (χ3n) is 2.77. The first-order valence-electron chi connectivity index (χ1n) is 4.80. The molecular formula is C9H19NO4. The van der Waals surface area contributed by atoms with Gasteiger partial charge in [0.1, 0.15) is 11.7 Å². The van der Waals surface area contributed by atoms with Gasteiger partial charge in [-0.2, -0.15) is 0 Å². The van der Waals surface area contributed by atoms with Crippen molar-refractivity contribution in [2.24, 2.45) is 0 Å². The van der Waals surface area contributed by atoms with E-state index in [-0.39, 0.29) is 6.61 Å². The molecule has 5 heteroatoms. The topological polar surface area (TPSA) is 73.2 Å². The molecule has 14 heavy (non-hydrogen) atoms. The summed E-state index contributed by atoms with van der Waals surface area (Å²) in [4.78, 5) is 1.80. The first-order chi connectivity index (χ1) is 6.40. The van der Waals surface area contributed by atoms with Crippen LogP contribution in [0.2, 0.25) is 0 Å². The Kier molecular flexibility index (Phi) is 3.49. The number of aliphatic hydroxyl groups is 3. The van der Waals surface area contributed by atoms with E-state index in [0.717, 1.165) is 0 Å². The van der Waals surface area contributed by atoms with E-state index in [1.54, 1.807) is 18.9 Å². The highest BCUT2D eigenvalue weighted by molar-refractivity contribution is 4.97. The normalized spacial score (nSPS) is 44.4. The van der Waals surface area contributed by atoms with Crippen molar-refractivity contribution >= 4 is 0 Å². The summed E-state index contributed by atoms with van der Waals surface area (Å²) in [6.45, 7) is 4.23. The van der Waals surface area contributed by atoms with Gasteiger partial charge in [-0.25, -0.2) is 0 Å². The van der Waals surface area contributed by atoms with Crippen LogP contribution in [0.1, 0.15) is 13.8 Å². The summed E-state index contributed by atoms with van der Waals surface area (Å²) in [6, 6.07) is -0.503. The molecule has 3 N–H and O–H groups in total. The van der Waals surface area contributed by atoms with Crippen LogP contribution in [0.3, 0.4) is 0 Å². The molecule has 1 unspecified atom stereocenters. The molecule has 1 heterocycles. The van der Waals surface area contributed by atoms with Crippen LogP contribution in [-0.4, -0.2) is 64.5 Å². The third-order valence-corrected chi connectivity index (χ3v) is 2.77. The van der Waals surface area contributed by atoms with Crippen molar-refractivity contribution in [3.8, 4) is 0 Å². The molecule has 0 aromatic carbocycles. The van der Waals surface area contributed by atoms with Gasteiger partial charge in [0, 0.05) is 0 Å². The summed E-state index contributed by atoms with van der Waals surface area (Å²) in [5, 5.41) is 29.0. The van der Waals surface area contributed by atoms with E-state index in [2.05, 4.69) is 0 Å². The summed E-state index contributed by atoms with van der Waals surface area (Å²) in [5.41, 5.74) is -1.14. The molecule has 0 amide bonds. The number of likely N-dealkylation sites (N-methyl/N-ethyl adjacent to an activating group) is 1. The molecule has 1 saturated heterocycles. The Morgan fingerprint density at radius 2 is 2.07 bits per heavy atom.